The lowest BCUT2D eigenvalue weighted by Crippen LogP contribution is -2.03. The smallest absolute Gasteiger partial charge is 0.186 e. The highest BCUT2D eigenvalue weighted by molar-refractivity contribution is 5.62. The average molecular weight is 247 g/mol. The third kappa shape index (κ3) is 1.99. The zero-order valence-electron chi connectivity index (χ0n) is 10.5. The summed E-state index contributed by atoms with van der Waals surface area (Å²) in [5, 5.41) is 9.71. The Bertz CT molecular complexity index is 524. The zero-order chi connectivity index (χ0) is 13.4. The molecular formula is C13H14FN3O. The summed E-state index contributed by atoms with van der Waals surface area (Å²) in [6, 6.07) is 3.49. The Hall–Kier alpha value is -2.17. The molecule has 0 saturated heterocycles. The number of nitrogens with two attached hydrogens (primary N) is 1. The van der Waals surface area contributed by atoms with Crippen LogP contribution in [0.1, 0.15) is 16.8 Å². The molecule has 0 radical (unpaired) electrons. The van der Waals surface area contributed by atoms with Gasteiger partial charge in [-0.25, -0.2) is 14.4 Å². The van der Waals surface area contributed by atoms with Crippen LogP contribution in [0.2, 0.25) is 0 Å². The highest BCUT2D eigenvalue weighted by Crippen LogP contribution is 2.28. The van der Waals surface area contributed by atoms with Crippen molar-refractivity contribution < 1.29 is 9.50 Å². The maximum Gasteiger partial charge on any atom is 0.186 e. The maximum atomic E-state index is 13.4. The van der Waals surface area contributed by atoms with Gasteiger partial charge >= 0.3 is 0 Å². The highest BCUT2D eigenvalue weighted by Gasteiger charge is 2.12. The van der Waals surface area contributed by atoms with Gasteiger partial charge in [-0.05, 0) is 44.0 Å². The lowest BCUT2D eigenvalue weighted by Gasteiger charge is -2.08. The quantitative estimate of drug-likeness (QED) is 0.812. The number of aryl methyl sites for hydroxylation is 3. The number of hydrogen-bond donors (Lipinski definition) is 2. The Kier molecular flexibility index (Phi) is 2.90. The van der Waals surface area contributed by atoms with Crippen molar-refractivity contribution in [2.75, 3.05) is 5.73 Å². The van der Waals surface area contributed by atoms with E-state index in [0.29, 0.717) is 22.5 Å². The third-order valence-electron chi connectivity index (χ3n) is 2.79. The number of anilines is 1. The molecule has 1 aromatic heterocycles. The van der Waals surface area contributed by atoms with Gasteiger partial charge in [-0.1, -0.05) is 0 Å². The molecule has 0 saturated carbocycles. The van der Waals surface area contributed by atoms with Crippen LogP contribution in [0.15, 0.2) is 12.1 Å². The number of aromatic hydroxyl groups is 1. The van der Waals surface area contributed by atoms with E-state index in [1.807, 2.05) is 0 Å². The third-order valence-corrected chi connectivity index (χ3v) is 2.79. The lowest BCUT2D eigenvalue weighted by atomic mass is 10.1. The minimum absolute atomic E-state index is 0.166. The van der Waals surface area contributed by atoms with E-state index in [0.717, 1.165) is 0 Å². The van der Waals surface area contributed by atoms with Crippen molar-refractivity contribution in [2.24, 2.45) is 0 Å². The molecule has 1 heterocycles. The number of phenols is 1. The van der Waals surface area contributed by atoms with E-state index >= 15 is 0 Å². The minimum atomic E-state index is -0.592. The summed E-state index contributed by atoms with van der Waals surface area (Å²) in [5.74, 6) is -0.157. The van der Waals surface area contributed by atoms with Gasteiger partial charge in [0.05, 0.1) is 5.69 Å². The summed E-state index contributed by atoms with van der Waals surface area (Å²) in [6.07, 6.45) is 0. The van der Waals surface area contributed by atoms with Gasteiger partial charge in [0.1, 0.15) is 5.75 Å². The van der Waals surface area contributed by atoms with E-state index in [2.05, 4.69) is 9.97 Å². The van der Waals surface area contributed by atoms with Crippen LogP contribution in [0.25, 0.3) is 11.4 Å². The van der Waals surface area contributed by atoms with Crippen molar-refractivity contribution in [3.05, 3.63) is 34.8 Å². The molecule has 18 heavy (non-hydrogen) atoms. The van der Waals surface area contributed by atoms with Crippen LogP contribution in [0, 0.1) is 26.6 Å². The molecule has 1 aromatic carbocycles. The average Bonchev–Trinajstić information content (AvgIpc) is 2.31. The molecular weight excluding hydrogens is 233 g/mol. The highest BCUT2D eigenvalue weighted by atomic mass is 19.1. The first-order valence-corrected chi connectivity index (χ1v) is 5.50. The SMILES string of the molecule is Cc1cc(-c2nc(C)c(F)c(N)n2)cc(C)c1O. The van der Waals surface area contributed by atoms with E-state index in [1.54, 1.807) is 26.0 Å². The second-order valence-electron chi connectivity index (χ2n) is 4.29. The zero-order valence-corrected chi connectivity index (χ0v) is 10.5. The van der Waals surface area contributed by atoms with Crippen LogP contribution < -0.4 is 5.73 Å². The predicted molar refractivity (Wildman–Crippen MR) is 67.7 cm³/mol. The fraction of sp³-hybridized carbons (Fsp3) is 0.231. The van der Waals surface area contributed by atoms with Crippen LogP contribution in [0.3, 0.4) is 0 Å². The Morgan fingerprint density at radius 3 is 2.17 bits per heavy atom. The maximum absolute atomic E-state index is 13.4. The molecule has 0 fully saturated rings. The van der Waals surface area contributed by atoms with Gasteiger partial charge in [0.25, 0.3) is 0 Å². The van der Waals surface area contributed by atoms with Crippen LogP contribution in [-0.2, 0) is 0 Å². The van der Waals surface area contributed by atoms with E-state index < -0.39 is 5.82 Å². The lowest BCUT2D eigenvalue weighted by molar-refractivity contribution is 0.467. The van der Waals surface area contributed by atoms with Crippen LogP contribution in [-0.4, -0.2) is 15.1 Å². The Balaban J connectivity index is 2.63. The van der Waals surface area contributed by atoms with Gasteiger partial charge in [-0.3, -0.25) is 0 Å². The second-order valence-corrected chi connectivity index (χ2v) is 4.29. The first kappa shape index (κ1) is 12.3. The molecule has 2 aromatic rings. The van der Waals surface area contributed by atoms with Crippen molar-refractivity contribution in [3.8, 4) is 17.1 Å². The van der Waals surface area contributed by atoms with E-state index in [4.69, 9.17) is 5.73 Å². The molecule has 0 atom stereocenters. The molecule has 3 N–H and O–H groups in total. The number of phenolic OH excluding ortho intramolecular Hbond substituents is 1. The molecule has 0 amide bonds. The Labute approximate surface area is 104 Å². The number of nitrogens with zero attached hydrogens (tertiary/aromatic N) is 2. The Morgan fingerprint density at radius 1 is 1.11 bits per heavy atom. The summed E-state index contributed by atoms with van der Waals surface area (Å²) in [6.45, 7) is 5.11. The van der Waals surface area contributed by atoms with Crippen LogP contribution in [0.5, 0.6) is 5.75 Å². The normalized spacial score (nSPS) is 10.7. The largest absolute Gasteiger partial charge is 0.507 e. The standard InChI is InChI=1S/C13H14FN3O/c1-6-4-9(5-7(2)11(6)18)13-16-8(3)10(14)12(15)17-13/h4-5,18H,1-3H3,(H2,15,16,17). The summed E-state index contributed by atoms with van der Waals surface area (Å²) in [7, 11) is 0. The summed E-state index contributed by atoms with van der Waals surface area (Å²) in [4.78, 5) is 7.99. The molecule has 94 valence electrons. The molecule has 0 aliphatic carbocycles. The van der Waals surface area contributed by atoms with Crippen LogP contribution in [0.4, 0.5) is 10.2 Å². The fourth-order valence-corrected chi connectivity index (χ4v) is 1.80. The van der Waals surface area contributed by atoms with Crippen molar-refractivity contribution in [1.82, 2.24) is 9.97 Å². The van der Waals surface area contributed by atoms with Crippen LogP contribution >= 0.6 is 0 Å². The molecule has 2 rings (SSSR count). The molecule has 0 spiro atoms. The van der Waals surface area contributed by atoms with Gasteiger partial charge in [-0.2, -0.15) is 0 Å². The molecule has 0 aliphatic heterocycles. The van der Waals surface area contributed by atoms with Gasteiger partial charge in [0.2, 0.25) is 0 Å². The number of rotatable bonds is 1. The van der Waals surface area contributed by atoms with Gasteiger partial charge in [-0.15, -0.1) is 0 Å². The predicted octanol–water partition coefficient (Wildman–Crippen LogP) is 2.50. The van der Waals surface area contributed by atoms with E-state index in [9.17, 15) is 9.50 Å². The van der Waals surface area contributed by atoms with E-state index in [1.165, 1.54) is 6.92 Å². The molecule has 4 nitrogen and oxygen atoms in total. The van der Waals surface area contributed by atoms with Gasteiger partial charge < -0.3 is 10.8 Å². The molecule has 5 heteroatoms. The number of nitrogen functional groups attached to an aromatic ring is 1. The topological polar surface area (TPSA) is 72.0 Å². The summed E-state index contributed by atoms with van der Waals surface area (Å²) in [5.41, 5.74) is 7.84. The fourth-order valence-electron chi connectivity index (χ4n) is 1.80. The monoisotopic (exact) mass is 247 g/mol. The summed E-state index contributed by atoms with van der Waals surface area (Å²) < 4.78 is 13.4. The molecule has 0 bridgehead atoms. The molecule has 0 unspecified atom stereocenters. The summed E-state index contributed by atoms with van der Waals surface area (Å²) >= 11 is 0. The van der Waals surface area contributed by atoms with E-state index in [-0.39, 0.29) is 17.3 Å². The van der Waals surface area contributed by atoms with Gasteiger partial charge in [0, 0.05) is 5.56 Å². The number of aromatic nitrogens is 2. The Morgan fingerprint density at radius 2 is 1.67 bits per heavy atom. The number of hydrogen-bond acceptors (Lipinski definition) is 4. The van der Waals surface area contributed by atoms with Crippen molar-refractivity contribution in [2.45, 2.75) is 20.8 Å². The minimum Gasteiger partial charge on any atom is -0.507 e. The number of benzene rings is 1. The first-order valence-electron chi connectivity index (χ1n) is 5.50. The molecule has 0 aliphatic rings. The second kappa shape index (κ2) is 4.25. The number of halogens is 1. The van der Waals surface area contributed by atoms with Gasteiger partial charge in [0.15, 0.2) is 17.5 Å². The van der Waals surface area contributed by atoms with Crippen molar-refractivity contribution in [3.63, 3.8) is 0 Å². The van der Waals surface area contributed by atoms with Crippen molar-refractivity contribution in [1.29, 1.82) is 0 Å². The van der Waals surface area contributed by atoms with Crippen molar-refractivity contribution >= 4 is 5.82 Å². The first-order chi connectivity index (χ1) is 8.40.